The molecule has 7 nitrogen and oxygen atoms in total. The van der Waals surface area contributed by atoms with Gasteiger partial charge in [-0.05, 0) is 110 Å². The summed E-state index contributed by atoms with van der Waals surface area (Å²) in [5.41, 5.74) is 8.16. The number of anilines is 3. The molecule has 1 fully saturated rings. The van der Waals surface area contributed by atoms with Crippen molar-refractivity contribution in [2.75, 3.05) is 56.8 Å². The van der Waals surface area contributed by atoms with Crippen LogP contribution in [-0.2, 0) is 20.8 Å². The number of para-hydroxylation sites is 1. The summed E-state index contributed by atoms with van der Waals surface area (Å²) in [6, 6.07) is 33.8. The van der Waals surface area contributed by atoms with Gasteiger partial charge in [-0.1, -0.05) is 55.5 Å². The van der Waals surface area contributed by atoms with Gasteiger partial charge in [0.25, 0.3) is 5.91 Å². The van der Waals surface area contributed by atoms with E-state index < -0.39 is 0 Å². The van der Waals surface area contributed by atoms with Crippen LogP contribution in [0.3, 0.4) is 0 Å². The third-order valence-corrected chi connectivity index (χ3v) is 9.10. The first-order valence-electron chi connectivity index (χ1n) is 17.2. The Bertz CT molecular complexity index is 1650. The summed E-state index contributed by atoms with van der Waals surface area (Å²) in [5.74, 6) is 0.750. The van der Waals surface area contributed by atoms with E-state index in [4.69, 9.17) is 14.2 Å². The molecule has 0 atom stereocenters. The predicted molar refractivity (Wildman–Crippen MR) is 195 cm³/mol. The highest BCUT2D eigenvalue weighted by Gasteiger charge is 2.22. The van der Waals surface area contributed by atoms with Crippen molar-refractivity contribution in [2.45, 2.75) is 45.2 Å². The van der Waals surface area contributed by atoms with E-state index in [9.17, 15) is 4.79 Å². The number of ether oxygens (including phenoxy) is 3. The van der Waals surface area contributed by atoms with Crippen LogP contribution < -0.4 is 15.0 Å². The maximum Gasteiger partial charge on any atom is 0.251 e. The summed E-state index contributed by atoms with van der Waals surface area (Å²) in [5, 5.41) is 3.17. The molecular formula is C41H47N3O4. The molecule has 250 valence electrons. The number of carbonyl (C=O) groups is 1. The van der Waals surface area contributed by atoms with E-state index in [-0.39, 0.29) is 5.91 Å². The number of nitrogens with zero attached hydrogens (tertiary/aromatic N) is 2. The molecule has 0 saturated carbocycles. The lowest BCUT2D eigenvalue weighted by Crippen LogP contribution is -2.36. The summed E-state index contributed by atoms with van der Waals surface area (Å²) in [4.78, 5) is 18.4. The van der Waals surface area contributed by atoms with Gasteiger partial charge < -0.3 is 24.4 Å². The molecule has 0 radical (unpaired) electrons. The van der Waals surface area contributed by atoms with Gasteiger partial charge in [-0.25, -0.2) is 0 Å². The monoisotopic (exact) mass is 645 g/mol. The van der Waals surface area contributed by atoms with Crippen molar-refractivity contribution in [3.63, 3.8) is 0 Å². The highest BCUT2D eigenvalue weighted by Crippen LogP contribution is 2.37. The van der Waals surface area contributed by atoms with Crippen LogP contribution in [0.1, 0.15) is 43.7 Å². The highest BCUT2D eigenvalue weighted by molar-refractivity contribution is 6.07. The molecule has 0 bridgehead atoms. The maximum atomic E-state index is 13.7. The number of fused-ring (bicyclic) bond motifs is 1. The van der Waals surface area contributed by atoms with Crippen molar-refractivity contribution >= 4 is 29.0 Å². The summed E-state index contributed by atoms with van der Waals surface area (Å²) in [6.07, 6.45) is 5.82. The van der Waals surface area contributed by atoms with Gasteiger partial charge in [0.1, 0.15) is 12.4 Å². The number of nitrogens with one attached hydrogen (secondary N) is 1. The number of amides is 1. The van der Waals surface area contributed by atoms with Crippen LogP contribution in [0.25, 0.3) is 17.2 Å². The molecule has 0 spiro atoms. The van der Waals surface area contributed by atoms with Crippen LogP contribution in [0, 0.1) is 0 Å². The zero-order chi connectivity index (χ0) is 33.1. The fourth-order valence-corrected chi connectivity index (χ4v) is 6.42. The van der Waals surface area contributed by atoms with E-state index in [0.29, 0.717) is 32.2 Å². The Morgan fingerprint density at radius 3 is 2.40 bits per heavy atom. The quantitative estimate of drug-likeness (QED) is 0.148. The molecule has 2 aliphatic heterocycles. The van der Waals surface area contributed by atoms with Gasteiger partial charge >= 0.3 is 0 Å². The van der Waals surface area contributed by atoms with Gasteiger partial charge in [-0.2, -0.15) is 0 Å². The SMILES string of the molecule is CCCOCCOc1ccc(-c2ccc3c(c2)C=C(C(=O)Nc2ccc(CN(C)C4CCOCC4)cc2)CCN3c2ccccc2)cc1. The van der Waals surface area contributed by atoms with E-state index in [1.165, 1.54) is 5.56 Å². The molecule has 1 amide bonds. The first-order chi connectivity index (χ1) is 23.6. The molecule has 1 saturated heterocycles. The number of hydrogen-bond acceptors (Lipinski definition) is 6. The second-order valence-electron chi connectivity index (χ2n) is 12.6. The minimum absolute atomic E-state index is 0.0715. The average Bonchev–Trinajstić information content (AvgIpc) is 3.33. The van der Waals surface area contributed by atoms with Crippen LogP contribution >= 0.6 is 0 Å². The highest BCUT2D eigenvalue weighted by atomic mass is 16.5. The topological polar surface area (TPSA) is 63.3 Å². The molecule has 2 aliphatic rings. The zero-order valence-corrected chi connectivity index (χ0v) is 28.2. The van der Waals surface area contributed by atoms with Gasteiger partial charge in [0.15, 0.2) is 0 Å². The van der Waals surface area contributed by atoms with Crippen molar-refractivity contribution in [3.05, 3.63) is 114 Å². The Kier molecular flexibility index (Phi) is 11.6. The smallest absolute Gasteiger partial charge is 0.251 e. The van der Waals surface area contributed by atoms with Crippen molar-refractivity contribution in [2.24, 2.45) is 0 Å². The second kappa shape index (κ2) is 16.6. The summed E-state index contributed by atoms with van der Waals surface area (Å²) in [6.45, 7) is 7.21. The number of benzene rings is 4. The number of rotatable bonds is 13. The zero-order valence-electron chi connectivity index (χ0n) is 28.2. The Morgan fingerprint density at radius 2 is 1.65 bits per heavy atom. The lowest BCUT2D eigenvalue weighted by atomic mass is 10.00. The van der Waals surface area contributed by atoms with E-state index in [0.717, 1.165) is 90.7 Å². The van der Waals surface area contributed by atoms with Gasteiger partial charge in [-0.15, -0.1) is 0 Å². The van der Waals surface area contributed by atoms with E-state index >= 15 is 0 Å². The fraction of sp³-hybridized carbons (Fsp3) is 0.341. The van der Waals surface area contributed by atoms with Crippen LogP contribution in [0.4, 0.5) is 17.1 Å². The molecule has 2 heterocycles. The molecule has 48 heavy (non-hydrogen) atoms. The van der Waals surface area contributed by atoms with E-state index in [1.54, 1.807) is 0 Å². The fourth-order valence-electron chi connectivity index (χ4n) is 6.42. The molecule has 4 aromatic carbocycles. The first-order valence-corrected chi connectivity index (χ1v) is 17.2. The normalized spacial score (nSPS) is 15.1. The van der Waals surface area contributed by atoms with E-state index in [2.05, 4.69) is 102 Å². The molecule has 6 rings (SSSR count). The van der Waals surface area contributed by atoms with Crippen LogP contribution in [0.5, 0.6) is 5.75 Å². The Labute approximate surface area is 285 Å². The van der Waals surface area contributed by atoms with Crippen molar-refractivity contribution < 1.29 is 19.0 Å². The molecule has 7 heteroatoms. The lowest BCUT2D eigenvalue weighted by Gasteiger charge is -2.31. The Hall–Kier alpha value is -4.43. The largest absolute Gasteiger partial charge is 0.491 e. The van der Waals surface area contributed by atoms with E-state index in [1.807, 2.05) is 30.3 Å². The average molecular weight is 646 g/mol. The molecule has 0 aromatic heterocycles. The summed E-state index contributed by atoms with van der Waals surface area (Å²) in [7, 11) is 2.18. The molecule has 0 unspecified atom stereocenters. The third kappa shape index (κ3) is 8.72. The Morgan fingerprint density at radius 1 is 0.896 bits per heavy atom. The van der Waals surface area contributed by atoms with Crippen LogP contribution in [0.2, 0.25) is 0 Å². The van der Waals surface area contributed by atoms with Crippen molar-refractivity contribution in [1.29, 1.82) is 0 Å². The number of carbonyl (C=O) groups excluding carboxylic acids is 1. The summed E-state index contributed by atoms with van der Waals surface area (Å²) < 4.78 is 16.9. The molecule has 1 N–H and O–H groups in total. The maximum absolute atomic E-state index is 13.7. The molecule has 0 aliphatic carbocycles. The molecule has 4 aromatic rings. The van der Waals surface area contributed by atoms with Crippen LogP contribution in [-0.4, -0.2) is 63.5 Å². The second-order valence-corrected chi connectivity index (χ2v) is 12.6. The number of hydrogen-bond donors (Lipinski definition) is 1. The van der Waals surface area contributed by atoms with Gasteiger partial charge in [-0.3, -0.25) is 9.69 Å². The van der Waals surface area contributed by atoms with Gasteiger partial charge in [0.2, 0.25) is 0 Å². The van der Waals surface area contributed by atoms with Gasteiger partial charge in [0.05, 0.1) is 6.61 Å². The minimum atomic E-state index is -0.0715. The third-order valence-electron chi connectivity index (χ3n) is 9.10. The minimum Gasteiger partial charge on any atom is -0.491 e. The van der Waals surface area contributed by atoms with Gasteiger partial charge in [0, 0.05) is 61.6 Å². The first kappa shape index (κ1) is 33.5. The summed E-state index contributed by atoms with van der Waals surface area (Å²) >= 11 is 0. The standard InChI is InChI=1S/C41H47N3O4/c1-3-23-46-26-27-48-39-16-11-32(12-17-39)33-13-18-40-35(28-33)29-34(19-22-44(40)38-7-5-4-6-8-38)41(45)42-36-14-9-31(10-15-36)30-43(2)37-20-24-47-25-21-37/h4-18,28-29,37H,3,19-27,30H2,1-2H3,(H,42,45). The molecular weight excluding hydrogens is 598 g/mol. The predicted octanol–water partition coefficient (Wildman–Crippen LogP) is 8.33. The van der Waals surface area contributed by atoms with Crippen molar-refractivity contribution in [1.82, 2.24) is 4.90 Å². The lowest BCUT2D eigenvalue weighted by molar-refractivity contribution is -0.112. The Balaban J connectivity index is 1.18. The van der Waals surface area contributed by atoms with Crippen molar-refractivity contribution in [3.8, 4) is 16.9 Å². The van der Waals surface area contributed by atoms with Crippen LogP contribution in [0.15, 0.2) is 103 Å².